The molecule has 0 aliphatic carbocycles. The van der Waals surface area contributed by atoms with Gasteiger partial charge in [0.25, 0.3) is 0 Å². The summed E-state index contributed by atoms with van der Waals surface area (Å²) < 4.78 is 2.07. The fraction of sp³-hybridized carbons (Fsp3) is 0.625. The number of nitrogens with zero attached hydrogens (tertiary/aromatic N) is 1. The van der Waals surface area contributed by atoms with Gasteiger partial charge < -0.3 is 5.73 Å². The van der Waals surface area contributed by atoms with E-state index in [1.54, 1.807) is 0 Å². The highest BCUT2D eigenvalue weighted by Crippen LogP contribution is 1.92. The van der Waals surface area contributed by atoms with Crippen molar-refractivity contribution in [2.75, 3.05) is 0 Å². The van der Waals surface area contributed by atoms with E-state index in [1.807, 2.05) is 13.8 Å². The predicted octanol–water partition coefficient (Wildman–Crippen LogP) is 0.266. The van der Waals surface area contributed by atoms with E-state index in [0.29, 0.717) is 0 Å². The monoisotopic (exact) mass is 154 g/mol. The minimum atomic E-state index is 0.205. The first-order valence-electron chi connectivity index (χ1n) is 3.91. The number of aryl methyl sites for hydroxylation is 2. The van der Waals surface area contributed by atoms with Gasteiger partial charge in [-0.1, -0.05) is 0 Å². The summed E-state index contributed by atoms with van der Waals surface area (Å²) in [4.78, 5) is 0. The van der Waals surface area contributed by atoms with Crippen LogP contribution >= 0.6 is 0 Å². The minimum Gasteiger partial charge on any atom is -0.323 e. The van der Waals surface area contributed by atoms with Crippen LogP contribution in [0.1, 0.15) is 18.3 Å². The van der Waals surface area contributed by atoms with Gasteiger partial charge in [0.05, 0.1) is 11.7 Å². The van der Waals surface area contributed by atoms with Crippen molar-refractivity contribution >= 4 is 0 Å². The molecule has 1 rings (SSSR count). The van der Waals surface area contributed by atoms with E-state index < -0.39 is 0 Å². The summed E-state index contributed by atoms with van der Waals surface area (Å²) in [5, 5.41) is 3.21. The van der Waals surface area contributed by atoms with Crippen molar-refractivity contribution in [3.8, 4) is 0 Å². The summed E-state index contributed by atoms with van der Waals surface area (Å²) in [6.07, 6.45) is 0. The Labute approximate surface area is 67.2 Å². The first kappa shape index (κ1) is 8.27. The molecule has 0 fully saturated rings. The molecular formula is C8H16N3+. The van der Waals surface area contributed by atoms with Crippen molar-refractivity contribution in [2.45, 2.75) is 33.4 Å². The van der Waals surface area contributed by atoms with E-state index in [2.05, 4.69) is 22.8 Å². The van der Waals surface area contributed by atoms with E-state index >= 15 is 0 Å². The van der Waals surface area contributed by atoms with Crippen LogP contribution in [0.3, 0.4) is 0 Å². The smallest absolute Gasteiger partial charge is 0.204 e. The Morgan fingerprint density at radius 2 is 2.27 bits per heavy atom. The van der Waals surface area contributed by atoms with E-state index in [9.17, 15) is 0 Å². The molecule has 62 valence electrons. The molecule has 1 unspecified atom stereocenters. The second-order valence-electron chi connectivity index (χ2n) is 3.17. The van der Waals surface area contributed by atoms with Crippen molar-refractivity contribution in [1.82, 2.24) is 5.10 Å². The summed E-state index contributed by atoms with van der Waals surface area (Å²) in [5.41, 5.74) is 8.08. The molecule has 1 atom stereocenters. The lowest BCUT2D eigenvalue weighted by molar-refractivity contribution is -0.756. The summed E-state index contributed by atoms with van der Waals surface area (Å²) >= 11 is 0. The van der Waals surface area contributed by atoms with Gasteiger partial charge in [0.1, 0.15) is 0 Å². The summed E-state index contributed by atoms with van der Waals surface area (Å²) in [7, 11) is 0. The van der Waals surface area contributed by atoms with Gasteiger partial charge in [0.2, 0.25) is 5.69 Å². The van der Waals surface area contributed by atoms with Gasteiger partial charge in [-0.3, -0.25) is 0 Å². The maximum Gasteiger partial charge on any atom is 0.204 e. The normalized spacial score (nSPS) is 13.5. The minimum absolute atomic E-state index is 0.205. The molecule has 3 heteroatoms. The zero-order valence-corrected chi connectivity index (χ0v) is 7.39. The molecule has 3 nitrogen and oxygen atoms in total. The third-order valence-corrected chi connectivity index (χ3v) is 1.63. The van der Waals surface area contributed by atoms with Gasteiger partial charge in [0, 0.05) is 13.0 Å². The van der Waals surface area contributed by atoms with Gasteiger partial charge in [-0.05, 0) is 13.8 Å². The fourth-order valence-corrected chi connectivity index (χ4v) is 1.20. The number of aromatic amines is 1. The molecule has 0 aliphatic rings. The Kier molecular flexibility index (Phi) is 2.29. The fourth-order valence-electron chi connectivity index (χ4n) is 1.20. The molecule has 1 aromatic rings. The molecule has 0 saturated heterocycles. The van der Waals surface area contributed by atoms with Crippen molar-refractivity contribution in [2.24, 2.45) is 5.73 Å². The molecule has 0 radical (unpaired) electrons. The molecule has 11 heavy (non-hydrogen) atoms. The zero-order valence-electron chi connectivity index (χ0n) is 7.39. The van der Waals surface area contributed by atoms with Crippen molar-refractivity contribution in [1.29, 1.82) is 0 Å². The van der Waals surface area contributed by atoms with Crippen LogP contribution < -0.4 is 10.4 Å². The van der Waals surface area contributed by atoms with Gasteiger partial charge in [0.15, 0.2) is 6.54 Å². The van der Waals surface area contributed by atoms with Crippen LogP contribution in [0.15, 0.2) is 6.07 Å². The number of hydrogen-bond donors (Lipinski definition) is 2. The van der Waals surface area contributed by atoms with Gasteiger partial charge in [-0.2, -0.15) is 5.10 Å². The maximum atomic E-state index is 5.66. The van der Waals surface area contributed by atoms with Crippen LogP contribution in [0.25, 0.3) is 0 Å². The number of aromatic nitrogens is 2. The number of H-pyrrole nitrogens is 1. The van der Waals surface area contributed by atoms with Gasteiger partial charge in [-0.25, -0.2) is 0 Å². The Morgan fingerprint density at radius 1 is 1.64 bits per heavy atom. The van der Waals surface area contributed by atoms with E-state index in [0.717, 1.165) is 6.54 Å². The largest absolute Gasteiger partial charge is 0.323 e. The van der Waals surface area contributed by atoms with Crippen LogP contribution in [0, 0.1) is 13.8 Å². The van der Waals surface area contributed by atoms with Crippen LogP contribution in [0.4, 0.5) is 0 Å². The van der Waals surface area contributed by atoms with Gasteiger partial charge >= 0.3 is 0 Å². The molecule has 1 aromatic heterocycles. The summed E-state index contributed by atoms with van der Waals surface area (Å²) in [6, 6.07) is 2.32. The summed E-state index contributed by atoms with van der Waals surface area (Å²) in [5.74, 6) is 0. The highest BCUT2D eigenvalue weighted by Gasteiger charge is 2.10. The quantitative estimate of drug-likeness (QED) is 0.590. The molecule has 0 spiro atoms. The van der Waals surface area contributed by atoms with Crippen LogP contribution in [0.2, 0.25) is 0 Å². The average molecular weight is 154 g/mol. The van der Waals surface area contributed by atoms with Crippen LogP contribution in [-0.2, 0) is 6.54 Å². The van der Waals surface area contributed by atoms with Crippen LogP contribution in [-0.4, -0.2) is 11.1 Å². The molecule has 0 aromatic carbocycles. The third-order valence-electron chi connectivity index (χ3n) is 1.63. The number of rotatable bonds is 2. The number of nitrogens with one attached hydrogen (secondary N) is 1. The Morgan fingerprint density at radius 3 is 2.64 bits per heavy atom. The van der Waals surface area contributed by atoms with E-state index in [-0.39, 0.29) is 6.04 Å². The SMILES string of the molecule is Cc1cc(C)[n+](CC(C)N)[nH]1. The second-order valence-corrected chi connectivity index (χ2v) is 3.17. The molecule has 0 bridgehead atoms. The second kappa shape index (κ2) is 3.05. The maximum absolute atomic E-state index is 5.66. The van der Waals surface area contributed by atoms with Gasteiger partial charge in [-0.15, -0.1) is 4.68 Å². The topological polar surface area (TPSA) is 45.7 Å². The molecule has 0 aliphatic heterocycles. The molecular weight excluding hydrogens is 138 g/mol. The van der Waals surface area contributed by atoms with E-state index in [1.165, 1.54) is 11.4 Å². The van der Waals surface area contributed by atoms with Crippen molar-refractivity contribution < 1.29 is 4.68 Å². The highest BCUT2D eigenvalue weighted by atomic mass is 15.3. The Balaban J connectivity index is 2.77. The third kappa shape index (κ3) is 2.05. The van der Waals surface area contributed by atoms with Crippen molar-refractivity contribution in [3.63, 3.8) is 0 Å². The molecule has 3 N–H and O–H groups in total. The average Bonchev–Trinajstić information content (AvgIpc) is 2.09. The number of nitrogens with two attached hydrogens (primary N) is 1. The van der Waals surface area contributed by atoms with Crippen molar-refractivity contribution in [3.05, 3.63) is 17.5 Å². The summed E-state index contributed by atoms with van der Waals surface area (Å²) in [6.45, 7) is 6.98. The first-order chi connectivity index (χ1) is 5.09. The number of hydrogen-bond acceptors (Lipinski definition) is 1. The molecule has 0 amide bonds. The Bertz CT molecular complexity index is 237. The van der Waals surface area contributed by atoms with Crippen LogP contribution in [0.5, 0.6) is 0 Å². The molecule has 0 saturated carbocycles. The lowest BCUT2D eigenvalue weighted by Gasteiger charge is -1.97. The Hall–Kier alpha value is -0.830. The molecule has 1 heterocycles. The first-order valence-corrected chi connectivity index (χ1v) is 3.91. The predicted molar refractivity (Wildman–Crippen MR) is 44.1 cm³/mol. The lowest BCUT2D eigenvalue weighted by atomic mass is 10.3. The zero-order chi connectivity index (χ0) is 8.43. The lowest BCUT2D eigenvalue weighted by Crippen LogP contribution is -2.45. The van der Waals surface area contributed by atoms with E-state index in [4.69, 9.17) is 5.73 Å². The highest BCUT2D eigenvalue weighted by molar-refractivity contribution is 4.98. The standard InChI is InChI=1S/C8H15N3/c1-6(9)5-11-8(3)4-7(2)10-11/h4,6H,5,9H2,1-3H3/p+1.